The van der Waals surface area contributed by atoms with Crippen molar-refractivity contribution in [3.8, 4) is 6.07 Å². The average Bonchev–Trinajstić information content (AvgIpc) is 2.73. The Labute approximate surface area is 167 Å². The number of amides is 1. The largest absolute Gasteiger partial charge is 0.368 e. The summed E-state index contributed by atoms with van der Waals surface area (Å²) in [5.41, 5.74) is 8.21. The predicted octanol–water partition coefficient (Wildman–Crippen LogP) is 3.19. The van der Waals surface area contributed by atoms with Crippen molar-refractivity contribution >= 4 is 39.9 Å². The van der Waals surface area contributed by atoms with Crippen LogP contribution < -0.4 is 15.5 Å². The molecular formula is C21H18ClN5O. The van der Waals surface area contributed by atoms with Crippen LogP contribution in [-0.4, -0.2) is 37.1 Å². The van der Waals surface area contributed by atoms with E-state index in [4.69, 9.17) is 22.3 Å². The molecule has 0 aliphatic carbocycles. The number of fused-ring (bicyclic) bond motifs is 1. The molecule has 0 radical (unpaired) electrons. The fraction of sp³-hybridized carbons (Fsp3) is 0.190. The SMILES string of the molecule is N#Cc1cc(N2CCN(c3ccc(C(N)=O)cc3)CC2)nc2ccc(Cl)cc12. The molecule has 0 bridgehead atoms. The van der Waals surface area contributed by atoms with Gasteiger partial charge in [0.1, 0.15) is 5.82 Å². The van der Waals surface area contributed by atoms with Gasteiger partial charge in [-0.1, -0.05) is 11.6 Å². The Morgan fingerprint density at radius 2 is 1.71 bits per heavy atom. The zero-order chi connectivity index (χ0) is 19.7. The first-order chi connectivity index (χ1) is 13.5. The van der Waals surface area contributed by atoms with Crippen molar-refractivity contribution in [1.82, 2.24) is 4.98 Å². The van der Waals surface area contributed by atoms with Crippen molar-refractivity contribution in [2.24, 2.45) is 5.73 Å². The number of pyridine rings is 1. The summed E-state index contributed by atoms with van der Waals surface area (Å²) in [5.74, 6) is 0.378. The molecule has 6 nitrogen and oxygen atoms in total. The number of halogens is 1. The lowest BCUT2D eigenvalue weighted by Gasteiger charge is -2.37. The minimum Gasteiger partial charge on any atom is -0.368 e. The zero-order valence-electron chi connectivity index (χ0n) is 15.1. The van der Waals surface area contributed by atoms with Gasteiger partial charge in [0.2, 0.25) is 5.91 Å². The molecule has 1 saturated heterocycles. The summed E-state index contributed by atoms with van der Waals surface area (Å²) in [6, 6.07) is 16.8. The number of carbonyl (C=O) groups excluding carboxylic acids is 1. The molecule has 1 aliphatic heterocycles. The van der Waals surface area contributed by atoms with Gasteiger partial charge in [-0.3, -0.25) is 4.79 Å². The highest BCUT2D eigenvalue weighted by Gasteiger charge is 2.20. The number of anilines is 2. The molecule has 1 fully saturated rings. The monoisotopic (exact) mass is 391 g/mol. The fourth-order valence-corrected chi connectivity index (χ4v) is 3.64. The maximum Gasteiger partial charge on any atom is 0.248 e. The van der Waals surface area contributed by atoms with E-state index in [-0.39, 0.29) is 0 Å². The molecule has 4 rings (SSSR count). The molecular weight excluding hydrogens is 374 g/mol. The lowest BCUT2D eigenvalue weighted by atomic mass is 10.1. The van der Waals surface area contributed by atoms with E-state index in [2.05, 4.69) is 15.9 Å². The molecule has 2 aromatic carbocycles. The summed E-state index contributed by atoms with van der Waals surface area (Å²) in [7, 11) is 0. The molecule has 0 atom stereocenters. The van der Waals surface area contributed by atoms with E-state index in [1.165, 1.54) is 0 Å². The van der Waals surface area contributed by atoms with E-state index in [0.717, 1.165) is 48.6 Å². The summed E-state index contributed by atoms with van der Waals surface area (Å²) in [5, 5.41) is 10.9. The lowest BCUT2D eigenvalue weighted by Crippen LogP contribution is -2.46. The predicted molar refractivity (Wildman–Crippen MR) is 111 cm³/mol. The maximum atomic E-state index is 11.2. The summed E-state index contributed by atoms with van der Waals surface area (Å²) in [4.78, 5) is 20.4. The van der Waals surface area contributed by atoms with Crippen molar-refractivity contribution in [3.05, 3.63) is 64.7 Å². The molecule has 7 heteroatoms. The van der Waals surface area contributed by atoms with Crippen LogP contribution in [0.1, 0.15) is 15.9 Å². The molecule has 28 heavy (non-hydrogen) atoms. The Morgan fingerprint density at radius 3 is 2.36 bits per heavy atom. The molecule has 0 unspecified atom stereocenters. The third-order valence-corrected chi connectivity index (χ3v) is 5.23. The molecule has 2 heterocycles. The number of piperazine rings is 1. The second-order valence-corrected chi connectivity index (χ2v) is 7.12. The van der Waals surface area contributed by atoms with Gasteiger partial charge >= 0.3 is 0 Å². The van der Waals surface area contributed by atoms with Gasteiger partial charge in [-0.25, -0.2) is 4.98 Å². The van der Waals surface area contributed by atoms with Crippen LogP contribution in [0, 0.1) is 11.3 Å². The maximum absolute atomic E-state index is 11.2. The van der Waals surface area contributed by atoms with E-state index in [1.807, 2.05) is 24.3 Å². The molecule has 0 spiro atoms. The smallest absolute Gasteiger partial charge is 0.248 e. The van der Waals surface area contributed by atoms with Crippen LogP contribution in [0.25, 0.3) is 10.9 Å². The molecule has 1 aromatic heterocycles. The number of primary amides is 1. The zero-order valence-corrected chi connectivity index (χ0v) is 15.9. The number of aromatic nitrogens is 1. The van der Waals surface area contributed by atoms with Crippen molar-refractivity contribution < 1.29 is 4.79 Å². The summed E-state index contributed by atoms with van der Waals surface area (Å²) >= 11 is 6.06. The lowest BCUT2D eigenvalue weighted by molar-refractivity contribution is 0.100. The highest BCUT2D eigenvalue weighted by atomic mass is 35.5. The Hall–Kier alpha value is -3.30. The first kappa shape index (κ1) is 18.1. The van der Waals surface area contributed by atoms with Gasteiger partial charge in [-0.15, -0.1) is 0 Å². The number of rotatable bonds is 3. The standard InChI is InChI=1S/C21H18ClN5O/c22-16-3-6-19-18(12-16)15(13-23)11-20(25-19)27-9-7-26(8-10-27)17-4-1-14(2-5-17)21(24)28/h1-6,11-12H,7-10H2,(H2,24,28). The number of nitriles is 1. The number of nitrogens with two attached hydrogens (primary N) is 1. The first-order valence-electron chi connectivity index (χ1n) is 8.95. The van der Waals surface area contributed by atoms with E-state index in [1.54, 1.807) is 24.3 Å². The summed E-state index contributed by atoms with van der Waals surface area (Å²) in [6.07, 6.45) is 0. The minimum atomic E-state index is -0.423. The summed E-state index contributed by atoms with van der Waals surface area (Å²) < 4.78 is 0. The van der Waals surface area contributed by atoms with Gasteiger partial charge in [0.25, 0.3) is 0 Å². The number of carbonyl (C=O) groups is 1. The van der Waals surface area contributed by atoms with E-state index >= 15 is 0 Å². The second kappa shape index (κ2) is 7.37. The van der Waals surface area contributed by atoms with Crippen LogP contribution in [0.2, 0.25) is 5.02 Å². The summed E-state index contributed by atoms with van der Waals surface area (Å²) in [6.45, 7) is 3.21. The van der Waals surface area contributed by atoms with E-state index in [9.17, 15) is 10.1 Å². The van der Waals surface area contributed by atoms with Crippen LogP contribution in [-0.2, 0) is 0 Å². The Balaban J connectivity index is 1.53. The average molecular weight is 392 g/mol. The molecule has 2 N–H and O–H groups in total. The molecule has 0 saturated carbocycles. The van der Waals surface area contributed by atoms with Crippen molar-refractivity contribution in [1.29, 1.82) is 5.26 Å². The van der Waals surface area contributed by atoms with Crippen LogP contribution in [0.5, 0.6) is 0 Å². The molecule has 1 aliphatic rings. The van der Waals surface area contributed by atoms with Crippen LogP contribution in [0.3, 0.4) is 0 Å². The second-order valence-electron chi connectivity index (χ2n) is 6.69. The normalized spacial score (nSPS) is 14.1. The number of benzene rings is 2. The molecule has 3 aromatic rings. The Morgan fingerprint density at radius 1 is 1.04 bits per heavy atom. The van der Waals surface area contributed by atoms with Gasteiger partial charge in [0.15, 0.2) is 0 Å². The van der Waals surface area contributed by atoms with E-state index < -0.39 is 5.91 Å². The van der Waals surface area contributed by atoms with Gasteiger partial charge in [0.05, 0.1) is 17.1 Å². The van der Waals surface area contributed by atoms with Gasteiger partial charge in [0, 0.05) is 47.8 Å². The highest BCUT2D eigenvalue weighted by molar-refractivity contribution is 6.31. The fourth-order valence-electron chi connectivity index (χ4n) is 3.47. The third-order valence-electron chi connectivity index (χ3n) is 5.00. The van der Waals surface area contributed by atoms with Gasteiger partial charge < -0.3 is 15.5 Å². The van der Waals surface area contributed by atoms with Crippen LogP contribution >= 0.6 is 11.6 Å². The number of hydrogen-bond donors (Lipinski definition) is 1. The van der Waals surface area contributed by atoms with Crippen molar-refractivity contribution in [2.45, 2.75) is 0 Å². The topological polar surface area (TPSA) is 86.3 Å². The first-order valence-corrected chi connectivity index (χ1v) is 9.33. The van der Waals surface area contributed by atoms with Crippen LogP contribution in [0.4, 0.5) is 11.5 Å². The third kappa shape index (κ3) is 3.45. The van der Waals surface area contributed by atoms with Gasteiger partial charge in [-0.05, 0) is 48.5 Å². The minimum absolute atomic E-state index is 0.423. The van der Waals surface area contributed by atoms with E-state index in [0.29, 0.717) is 16.1 Å². The van der Waals surface area contributed by atoms with Crippen LogP contribution in [0.15, 0.2) is 48.5 Å². The van der Waals surface area contributed by atoms with Crippen molar-refractivity contribution in [3.63, 3.8) is 0 Å². The molecule has 140 valence electrons. The van der Waals surface area contributed by atoms with Gasteiger partial charge in [-0.2, -0.15) is 5.26 Å². The molecule has 1 amide bonds. The quantitative estimate of drug-likeness (QED) is 0.741. The number of nitrogens with zero attached hydrogens (tertiary/aromatic N) is 4. The van der Waals surface area contributed by atoms with Crippen molar-refractivity contribution in [2.75, 3.05) is 36.0 Å². The highest BCUT2D eigenvalue weighted by Crippen LogP contribution is 2.26. The Kier molecular flexibility index (Phi) is 4.76. The Bertz CT molecular complexity index is 1080. The number of hydrogen-bond acceptors (Lipinski definition) is 5.